The van der Waals surface area contributed by atoms with Crippen LogP contribution in [0.3, 0.4) is 0 Å². The first-order chi connectivity index (χ1) is 7.18. The van der Waals surface area contributed by atoms with E-state index in [1.807, 2.05) is 16.8 Å². The molecule has 0 aliphatic heterocycles. The SMILES string of the molecule is N[C@H](c1ccsc1)c1cc(I)ccc1F. The van der Waals surface area contributed by atoms with Gasteiger partial charge in [0.15, 0.2) is 0 Å². The lowest BCUT2D eigenvalue weighted by atomic mass is 10.0. The Hall–Kier alpha value is -0.460. The van der Waals surface area contributed by atoms with Crippen molar-refractivity contribution in [3.8, 4) is 0 Å². The smallest absolute Gasteiger partial charge is 0.128 e. The summed E-state index contributed by atoms with van der Waals surface area (Å²) in [6.45, 7) is 0. The minimum Gasteiger partial charge on any atom is -0.320 e. The van der Waals surface area contributed by atoms with E-state index in [2.05, 4.69) is 22.6 Å². The van der Waals surface area contributed by atoms with Crippen LogP contribution in [-0.2, 0) is 0 Å². The van der Waals surface area contributed by atoms with Gasteiger partial charge in [-0.3, -0.25) is 0 Å². The average Bonchev–Trinajstić information content (AvgIpc) is 2.74. The Morgan fingerprint density at radius 2 is 2.13 bits per heavy atom. The third-order valence-electron chi connectivity index (χ3n) is 2.20. The minimum absolute atomic E-state index is 0.242. The highest BCUT2D eigenvalue weighted by molar-refractivity contribution is 14.1. The largest absolute Gasteiger partial charge is 0.320 e. The summed E-state index contributed by atoms with van der Waals surface area (Å²) >= 11 is 3.72. The standard InChI is InChI=1S/C11H9FINS/c12-10-2-1-8(13)5-9(10)11(14)7-3-4-15-6-7/h1-6,11H,14H2/t11-/m1/s1. The maximum absolute atomic E-state index is 13.5. The molecule has 15 heavy (non-hydrogen) atoms. The molecule has 1 atom stereocenters. The van der Waals surface area contributed by atoms with Gasteiger partial charge in [-0.15, -0.1) is 0 Å². The van der Waals surface area contributed by atoms with Crippen LogP contribution in [0, 0.1) is 9.39 Å². The highest BCUT2D eigenvalue weighted by atomic mass is 127. The van der Waals surface area contributed by atoms with E-state index >= 15 is 0 Å². The molecular formula is C11H9FINS. The van der Waals surface area contributed by atoms with Crippen molar-refractivity contribution in [2.45, 2.75) is 6.04 Å². The van der Waals surface area contributed by atoms with Gasteiger partial charge in [-0.25, -0.2) is 4.39 Å². The van der Waals surface area contributed by atoms with Crippen LogP contribution in [0.25, 0.3) is 0 Å². The van der Waals surface area contributed by atoms with Gasteiger partial charge in [0.2, 0.25) is 0 Å². The molecule has 0 spiro atoms. The number of hydrogen-bond acceptors (Lipinski definition) is 2. The Balaban J connectivity index is 2.41. The molecule has 0 fully saturated rings. The van der Waals surface area contributed by atoms with E-state index in [4.69, 9.17) is 5.73 Å². The van der Waals surface area contributed by atoms with Crippen molar-refractivity contribution in [1.82, 2.24) is 0 Å². The summed E-state index contributed by atoms with van der Waals surface area (Å²) in [5, 5.41) is 3.89. The predicted octanol–water partition coefficient (Wildman–Crippen LogP) is 3.54. The first-order valence-corrected chi connectivity index (χ1v) is 6.43. The molecule has 0 aliphatic rings. The first-order valence-electron chi connectivity index (χ1n) is 4.41. The molecule has 2 aromatic rings. The summed E-state index contributed by atoms with van der Waals surface area (Å²) in [6.07, 6.45) is 0. The zero-order valence-electron chi connectivity index (χ0n) is 7.78. The Kier molecular flexibility index (Phi) is 3.38. The molecule has 1 aromatic heterocycles. The van der Waals surface area contributed by atoms with Gasteiger partial charge in [-0.1, -0.05) is 0 Å². The van der Waals surface area contributed by atoms with Crippen LogP contribution >= 0.6 is 33.9 Å². The maximum Gasteiger partial charge on any atom is 0.128 e. The Morgan fingerprint density at radius 1 is 1.33 bits per heavy atom. The third kappa shape index (κ3) is 2.38. The van der Waals surface area contributed by atoms with Crippen LogP contribution in [0.5, 0.6) is 0 Å². The van der Waals surface area contributed by atoms with Crippen molar-refractivity contribution >= 4 is 33.9 Å². The van der Waals surface area contributed by atoms with Gasteiger partial charge in [0, 0.05) is 9.13 Å². The van der Waals surface area contributed by atoms with E-state index in [1.54, 1.807) is 23.5 Å². The van der Waals surface area contributed by atoms with Gasteiger partial charge in [-0.2, -0.15) is 11.3 Å². The highest BCUT2D eigenvalue weighted by Crippen LogP contribution is 2.25. The lowest BCUT2D eigenvalue weighted by Crippen LogP contribution is -2.12. The van der Waals surface area contributed by atoms with Gasteiger partial charge in [0.05, 0.1) is 6.04 Å². The summed E-state index contributed by atoms with van der Waals surface area (Å²) in [7, 11) is 0. The third-order valence-corrected chi connectivity index (χ3v) is 3.57. The Labute approximate surface area is 105 Å². The van der Waals surface area contributed by atoms with Crippen molar-refractivity contribution < 1.29 is 4.39 Å². The van der Waals surface area contributed by atoms with Crippen LogP contribution in [0.2, 0.25) is 0 Å². The Morgan fingerprint density at radius 3 is 2.80 bits per heavy atom. The molecule has 1 aromatic carbocycles. The topological polar surface area (TPSA) is 26.0 Å². The van der Waals surface area contributed by atoms with Crippen LogP contribution in [0.15, 0.2) is 35.0 Å². The number of halogens is 2. The lowest BCUT2D eigenvalue weighted by Gasteiger charge is -2.11. The number of benzene rings is 1. The fourth-order valence-electron chi connectivity index (χ4n) is 1.38. The molecule has 4 heteroatoms. The van der Waals surface area contributed by atoms with Crippen molar-refractivity contribution in [1.29, 1.82) is 0 Å². The average molecular weight is 333 g/mol. The second-order valence-electron chi connectivity index (χ2n) is 3.20. The van der Waals surface area contributed by atoms with E-state index in [-0.39, 0.29) is 11.9 Å². The number of nitrogens with two attached hydrogens (primary N) is 1. The van der Waals surface area contributed by atoms with E-state index in [1.165, 1.54) is 6.07 Å². The van der Waals surface area contributed by atoms with Gasteiger partial charge in [-0.05, 0) is 63.2 Å². The van der Waals surface area contributed by atoms with Gasteiger partial charge in [0.25, 0.3) is 0 Å². The van der Waals surface area contributed by atoms with E-state index in [0.29, 0.717) is 5.56 Å². The molecular weight excluding hydrogens is 324 g/mol. The van der Waals surface area contributed by atoms with E-state index < -0.39 is 0 Å². The number of rotatable bonds is 2. The van der Waals surface area contributed by atoms with Crippen molar-refractivity contribution in [2.24, 2.45) is 5.73 Å². The fourth-order valence-corrected chi connectivity index (χ4v) is 2.60. The van der Waals surface area contributed by atoms with Crippen molar-refractivity contribution in [2.75, 3.05) is 0 Å². The summed E-state index contributed by atoms with van der Waals surface area (Å²) in [5.74, 6) is -0.242. The second kappa shape index (κ2) is 4.59. The molecule has 0 radical (unpaired) electrons. The second-order valence-corrected chi connectivity index (χ2v) is 5.23. The monoisotopic (exact) mass is 333 g/mol. The first kappa shape index (κ1) is 11.0. The zero-order chi connectivity index (χ0) is 10.8. The molecule has 0 bridgehead atoms. The van der Waals surface area contributed by atoms with Gasteiger partial charge in [0.1, 0.15) is 5.82 Å². The molecule has 0 saturated carbocycles. The molecule has 0 aliphatic carbocycles. The minimum atomic E-state index is -0.369. The van der Waals surface area contributed by atoms with Gasteiger partial charge < -0.3 is 5.73 Å². The maximum atomic E-state index is 13.5. The zero-order valence-corrected chi connectivity index (χ0v) is 10.8. The molecule has 78 valence electrons. The summed E-state index contributed by atoms with van der Waals surface area (Å²) in [4.78, 5) is 0. The van der Waals surface area contributed by atoms with E-state index in [9.17, 15) is 4.39 Å². The normalized spacial score (nSPS) is 12.7. The van der Waals surface area contributed by atoms with Crippen LogP contribution in [0.1, 0.15) is 17.2 Å². The number of hydrogen-bond donors (Lipinski definition) is 1. The highest BCUT2D eigenvalue weighted by Gasteiger charge is 2.13. The lowest BCUT2D eigenvalue weighted by molar-refractivity contribution is 0.599. The summed E-state index contributed by atoms with van der Waals surface area (Å²) in [5.41, 5.74) is 7.51. The van der Waals surface area contributed by atoms with Crippen molar-refractivity contribution in [3.63, 3.8) is 0 Å². The van der Waals surface area contributed by atoms with Gasteiger partial charge >= 0.3 is 0 Å². The molecule has 1 heterocycles. The quantitative estimate of drug-likeness (QED) is 0.836. The van der Waals surface area contributed by atoms with E-state index in [0.717, 1.165) is 9.13 Å². The molecule has 1 nitrogen and oxygen atoms in total. The van der Waals surface area contributed by atoms with Crippen LogP contribution in [0.4, 0.5) is 4.39 Å². The predicted molar refractivity (Wildman–Crippen MR) is 69.5 cm³/mol. The Bertz CT molecular complexity index is 456. The molecule has 2 N–H and O–H groups in total. The van der Waals surface area contributed by atoms with Crippen LogP contribution in [-0.4, -0.2) is 0 Å². The van der Waals surface area contributed by atoms with Crippen molar-refractivity contribution in [3.05, 3.63) is 55.5 Å². The molecule has 0 unspecified atom stereocenters. The number of thiophene rings is 1. The molecule has 0 saturated heterocycles. The molecule has 2 rings (SSSR count). The summed E-state index contributed by atoms with van der Waals surface area (Å²) in [6, 6.07) is 6.54. The molecule has 0 amide bonds. The fraction of sp³-hybridized carbons (Fsp3) is 0.0909. The summed E-state index contributed by atoms with van der Waals surface area (Å²) < 4.78 is 14.5. The van der Waals surface area contributed by atoms with Crippen LogP contribution < -0.4 is 5.73 Å².